The molecule has 0 fully saturated rings. The van der Waals surface area contributed by atoms with Crippen molar-refractivity contribution in [1.82, 2.24) is 9.97 Å². The van der Waals surface area contributed by atoms with Crippen LogP contribution in [-0.4, -0.2) is 9.97 Å². The van der Waals surface area contributed by atoms with Gasteiger partial charge < -0.3 is 0 Å². The molecule has 0 amide bonds. The largest absolute Gasteiger partial charge is 0.241 e. The molecule has 2 aromatic carbocycles. The molecule has 24 heavy (non-hydrogen) atoms. The van der Waals surface area contributed by atoms with E-state index in [4.69, 9.17) is 4.98 Å². The minimum Gasteiger partial charge on any atom is -0.241 e. The third-order valence-corrected chi connectivity index (χ3v) is 5.77. The molecule has 0 unspecified atom stereocenters. The van der Waals surface area contributed by atoms with Crippen molar-refractivity contribution in [1.29, 1.82) is 0 Å². The van der Waals surface area contributed by atoms with Crippen LogP contribution in [0.5, 0.6) is 0 Å². The van der Waals surface area contributed by atoms with Crippen LogP contribution < -0.4 is 0 Å². The Kier molecular flexibility index (Phi) is 3.96. The number of benzene rings is 2. The minimum absolute atomic E-state index is 0.235. The molecule has 0 aliphatic heterocycles. The van der Waals surface area contributed by atoms with Crippen molar-refractivity contribution in [3.8, 4) is 31.7 Å². The second kappa shape index (κ2) is 6.26. The summed E-state index contributed by atoms with van der Waals surface area (Å²) >= 11 is 3.21. The molecule has 118 valence electrons. The molecule has 2 heterocycles. The van der Waals surface area contributed by atoms with Gasteiger partial charge in [-0.15, -0.1) is 22.7 Å². The number of aryl methyl sites for hydroxylation is 1. The van der Waals surface area contributed by atoms with Gasteiger partial charge in [-0.05, 0) is 31.2 Å². The van der Waals surface area contributed by atoms with Crippen LogP contribution in [0, 0.1) is 12.7 Å². The van der Waals surface area contributed by atoms with E-state index in [2.05, 4.69) is 17.1 Å². The van der Waals surface area contributed by atoms with Crippen LogP contribution in [-0.2, 0) is 0 Å². The summed E-state index contributed by atoms with van der Waals surface area (Å²) in [7, 11) is 0. The smallest absolute Gasteiger partial charge is 0.124 e. The highest BCUT2D eigenvalue weighted by Gasteiger charge is 2.14. The van der Waals surface area contributed by atoms with E-state index in [1.54, 1.807) is 34.8 Å². The molecule has 0 spiro atoms. The molecule has 0 N–H and O–H groups in total. The van der Waals surface area contributed by atoms with E-state index in [0.717, 1.165) is 37.4 Å². The fraction of sp³-hybridized carbons (Fsp3) is 0.0526. The van der Waals surface area contributed by atoms with E-state index in [9.17, 15) is 4.39 Å². The maximum absolute atomic E-state index is 13.1. The quantitative estimate of drug-likeness (QED) is 0.449. The van der Waals surface area contributed by atoms with Gasteiger partial charge >= 0.3 is 0 Å². The van der Waals surface area contributed by atoms with Crippen LogP contribution in [0.3, 0.4) is 0 Å². The Labute approximate surface area is 147 Å². The zero-order chi connectivity index (χ0) is 16.5. The monoisotopic (exact) mass is 352 g/mol. The Balaban J connectivity index is 1.70. The Bertz CT molecular complexity index is 972. The van der Waals surface area contributed by atoms with Crippen molar-refractivity contribution in [3.05, 3.63) is 71.5 Å². The van der Waals surface area contributed by atoms with E-state index in [1.807, 2.05) is 30.5 Å². The van der Waals surface area contributed by atoms with Crippen LogP contribution in [0.2, 0.25) is 0 Å². The number of halogens is 1. The Morgan fingerprint density at radius 2 is 1.54 bits per heavy atom. The Morgan fingerprint density at radius 1 is 0.833 bits per heavy atom. The molecule has 2 aromatic heterocycles. The van der Waals surface area contributed by atoms with Crippen molar-refractivity contribution in [2.75, 3.05) is 0 Å². The summed E-state index contributed by atoms with van der Waals surface area (Å²) in [5.74, 6) is -0.235. The van der Waals surface area contributed by atoms with E-state index in [1.165, 1.54) is 12.1 Å². The van der Waals surface area contributed by atoms with Gasteiger partial charge in [0.05, 0.1) is 16.3 Å². The lowest BCUT2D eigenvalue weighted by Crippen LogP contribution is -1.80. The second-order valence-corrected chi connectivity index (χ2v) is 7.20. The standard InChI is InChI=1S/C19H13FN2S2/c1-12-17(24-19(21-12)13-5-3-2-4-6-13)16-11-23-18(22-16)14-7-9-15(20)10-8-14/h2-11H,1H3. The first-order chi connectivity index (χ1) is 11.7. The lowest BCUT2D eigenvalue weighted by atomic mass is 10.2. The number of hydrogen-bond donors (Lipinski definition) is 0. The molecule has 0 atom stereocenters. The van der Waals surface area contributed by atoms with Crippen molar-refractivity contribution < 1.29 is 4.39 Å². The van der Waals surface area contributed by atoms with E-state index < -0.39 is 0 Å². The molecule has 0 saturated heterocycles. The van der Waals surface area contributed by atoms with Crippen molar-refractivity contribution >= 4 is 22.7 Å². The van der Waals surface area contributed by atoms with Gasteiger partial charge in [0.2, 0.25) is 0 Å². The number of hydrogen-bond acceptors (Lipinski definition) is 4. The number of aromatic nitrogens is 2. The topological polar surface area (TPSA) is 25.8 Å². The first kappa shape index (κ1) is 15.2. The maximum Gasteiger partial charge on any atom is 0.124 e. The summed E-state index contributed by atoms with van der Waals surface area (Å²) in [4.78, 5) is 10.5. The molecule has 2 nitrogen and oxygen atoms in total. The molecule has 0 aliphatic carbocycles. The zero-order valence-corrected chi connectivity index (χ0v) is 14.5. The van der Waals surface area contributed by atoms with Gasteiger partial charge in [-0.25, -0.2) is 14.4 Å². The summed E-state index contributed by atoms with van der Waals surface area (Å²) in [5, 5.41) is 3.92. The van der Waals surface area contributed by atoms with Crippen LogP contribution >= 0.6 is 22.7 Å². The molecular formula is C19H13FN2S2. The highest BCUT2D eigenvalue weighted by atomic mass is 32.1. The molecular weight excluding hydrogens is 339 g/mol. The van der Waals surface area contributed by atoms with Gasteiger partial charge in [0.1, 0.15) is 15.8 Å². The third-order valence-electron chi connectivity index (χ3n) is 3.65. The predicted molar refractivity (Wildman–Crippen MR) is 98.8 cm³/mol. The van der Waals surface area contributed by atoms with Gasteiger partial charge in [0.25, 0.3) is 0 Å². The summed E-state index contributed by atoms with van der Waals surface area (Å²) in [5.41, 5.74) is 3.95. The lowest BCUT2D eigenvalue weighted by Gasteiger charge is -1.95. The van der Waals surface area contributed by atoms with Crippen molar-refractivity contribution in [2.24, 2.45) is 0 Å². The van der Waals surface area contributed by atoms with Gasteiger partial charge in [0, 0.05) is 16.5 Å². The van der Waals surface area contributed by atoms with Gasteiger partial charge in [-0.1, -0.05) is 30.3 Å². The highest BCUT2D eigenvalue weighted by Crippen LogP contribution is 2.37. The molecule has 0 bridgehead atoms. The molecule has 5 heteroatoms. The first-order valence-corrected chi connectivity index (χ1v) is 9.15. The zero-order valence-electron chi connectivity index (χ0n) is 12.9. The molecule has 4 aromatic rings. The van der Waals surface area contributed by atoms with E-state index in [0.29, 0.717) is 0 Å². The molecule has 4 rings (SSSR count). The number of rotatable bonds is 3. The van der Waals surface area contributed by atoms with Crippen LogP contribution in [0.1, 0.15) is 5.69 Å². The van der Waals surface area contributed by atoms with Crippen LogP contribution in [0.4, 0.5) is 4.39 Å². The Morgan fingerprint density at radius 3 is 2.29 bits per heavy atom. The maximum atomic E-state index is 13.1. The summed E-state index contributed by atoms with van der Waals surface area (Å²) in [6.45, 7) is 2.01. The summed E-state index contributed by atoms with van der Waals surface area (Å²) in [6.07, 6.45) is 0. The van der Waals surface area contributed by atoms with Crippen LogP contribution in [0.25, 0.3) is 31.7 Å². The van der Waals surface area contributed by atoms with Gasteiger partial charge in [-0.2, -0.15) is 0 Å². The average Bonchev–Trinajstić information content (AvgIpc) is 3.23. The fourth-order valence-electron chi connectivity index (χ4n) is 2.44. The van der Waals surface area contributed by atoms with Crippen molar-refractivity contribution in [2.45, 2.75) is 6.92 Å². The van der Waals surface area contributed by atoms with Crippen molar-refractivity contribution in [3.63, 3.8) is 0 Å². The first-order valence-electron chi connectivity index (χ1n) is 7.45. The second-order valence-electron chi connectivity index (χ2n) is 5.34. The molecule has 0 saturated carbocycles. The lowest BCUT2D eigenvalue weighted by molar-refractivity contribution is 0.628. The third kappa shape index (κ3) is 2.88. The van der Waals surface area contributed by atoms with E-state index in [-0.39, 0.29) is 5.82 Å². The minimum atomic E-state index is -0.235. The van der Waals surface area contributed by atoms with Gasteiger partial charge in [0.15, 0.2) is 0 Å². The average molecular weight is 352 g/mol. The summed E-state index contributed by atoms with van der Waals surface area (Å²) < 4.78 is 13.1. The number of nitrogens with zero attached hydrogens (tertiary/aromatic N) is 2. The van der Waals surface area contributed by atoms with Gasteiger partial charge in [-0.3, -0.25) is 0 Å². The van der Waals surface area contributed by atoms with E-state index >= 15 is 0 Å². The molecule has 0 aliphatic rings. The Hall–Kier alpha value is -2.37. The fourth-order valence-corrected chi connectivity index (χ4v) is 4.37. The normalized spacial score (nSPS) is 10.9. The van der Waals surface area contributed by atoms with Crippen LogP contribution in [0.15, 0.2) is 60.0 Å². The SMILES string of the molecule is Cc1nc(-c2ccccc2)sc1-c1csc(-c2ccc(F)cc2)n1. The predicted octanol–water partition coefficient (Wildman–Crippen LogP) is 6.05. The highest BCUT2D eigenvalue weighted by molar-refractivity contribution is 7.19. The summed E-state index contributed by atoms with van der Waals surface area (Å²) in [6, 6.07) is 16.6. The number of thiazole rings is 2. The molecule has 0 radical (unpaired) electrons.